The highest BCUT2D eigenvalue weighted by atomic mass is 16.3. The molecule has 2 rings (SSSR count). The summed E-state index contributed by atoms with van der Waals surface area (Å²) < 4.78 is 0. The van der Waals surface area contributed by atoms with Crippen molar-refractivity contribution in [1.82, 2.24) is 5.32 Å². The monoisotopic (exact) mass is 219 g/mol. The fourth-order valence-corrected chi connectivity index (χ4v) is 2.41. The van der Waals surface area contributed by atoms with Crippen molar-refractivity contribution in [3.05, 3.63) is 35.9 Å². The van der Waals surface area contributed by atoms with Crippen LogP contribution in [0.15, 0.2) is 30.3 Å². The zero-order valence-corrected chi connectivity index (χ0v) is 10.1. The molecule has 0 spiro atoms. The maximum Gasteiger partial charge on any atom is 0.0901 e. The van der Waals surface area contributed by atoms with Crippen molar-refractivity contribution in [2.75, 3.05) is 13.1 Å². The minimum atomic E-state index is -0.481. The van der Waals surface area contributed by atoms with E-state index in [-0.39, 0.29) is 0 Å². The Hall–Kier alpha value is -0.860. The van der Waals surface area contributed by atoms with E-state index in [0.29, 0.717) is 11.8 Å². The first kappa shape index (κ1) is 11.6. The minimum Gasteiger partial charge on any atom is -0.387 e. The van der Waals surface area contributed by atoms with Crippen LogP contribution in [0.4, 0.5) is 0 Å². The highest BCUT2D eigenvalue weighted by Gasteiger charge is 2.37. The van der Waals surface area contributed by atoms with Gasteiger partial charge in [-0.25, -0.2) is 0 Å². The summed E-state index contributed by atoms with van der Waals surface area (Å²) in [6.45, 7) is 5.94. The van der Waals surface area contributed by atoms with Gasteiger partial charge in [0, 0.05) is 13.1 Å². The summed E-state index contributed by atoms with van der Waals surface area (Å²) in [6, 6.07) is 10.5. The molecule has 1 fully saturated rings. The molecule has 1 saturated heterocycles. The van der Waals surface area contributed by atoms with E-state index >= 15 is 0 Å². The average molecular weight is 219 g/mol. The van der Waals surface area contributed by atoms with Gasteiger partial charge in [-0.15, -0.1) is 0 Å². The molecule has 0 bridgehead atoms. The second-order valence-electron chi connectivity index (χ2n) is 5.29. The smallest absolute Gasteiger partial charge is 0.0901 e. The van der Waals surface area contributed by atoms with Crippen molar-refractivity contribution in [2.24, 2.45) is 5.92 Å². The fraction of sp³-hybridized carbons (Fsp3) is 0.571. The first-order chi connectivity index (χ1) is 7.61. The van der Waals surface area contributed by atoms with Crippen LogP contribution in [0.5, 0.6) is 0 Å². The van der Waals surface area contributed by atoms with Gasteiger partial charge in [-0.3, -0.25) is 0 Å². The number of aliphatic hydroxyl groups is 1. The Balaban J connectivity index is 2.12. The van der Waals surface area contributed by atoms with Gasteiger partial charge >= 0.3 is 0 Å². The Bertz CT molecular complexity index is 330. The molecule has 1 aliphatic rings. The molecule has 2 N–H and O–H groups in total. The highest BCUT2D eigenvalue weighted by molar-refractivity contribution is 5.21. The minimum absolute atomic E-state index is 0.452. The number of β-amino-alcohol motifs (C(OH)–C–C–N with tert-alkyl or cyclic N) is 1. The third-order valence-electron chi connectivity index (χ3n) is 3.54. The van der Waals surface area contributed by atoms with Crippen molar-refractivity contribution < 1.29 is 5.11 Å². The van der Waals surface area contributed by atoms with Crippen LogP contribution in [0.3, 0.4) is 0 Å². The van der Waals surface area contributed by atoms with Crippen molar-refractivity contribution in [3.8, 4) is 0 Å². The van der Waals surface area contributed by atoms with Crippen molar-refractivity contribution >= 4 is 0 Å². The summed E-state index contributed by atoms with van der Waals surface area (Å²) >= 11 is 0. The van der Waals surface area contributed by atoms with E-state index in [0.717, 1.165) is 19.5 Å². The van der Waals surface area contributed by atoms with E-state index in [1.807, 2.05) is 6.07 Å². The average Bonchev–Trinajstić information content (AvgIpc) is 2.24. The maximum atomic E-state index is 10.2. The first-order valence-electron chi connectivity index (χ1n) is 6.09. The van der Waals surface area contributed by atoms with Gasteiger partial charge in [0.15, 0.2) is 0 Å². The quantitative estimate of drug-likeness (QED) is 0.813. The Kier molecular flexibility index (Phi) is 3.31. The van der Waals surface area contributed by atoms with E-state index in [1.54, 1.807) is 0 Å². The Morgan fingerprint density at radius 3 is 2.31 bits per heavy atom. The molecule has 0 amide bonds. The number of benzene rings is 1. The topological polar surface area (TPSA) is 32.3 Å². The largest absolute Gasteiger partial charge is 0.387 e. The zero-order valence-electron chi connectivity index (χ0n) is 10.1. The highest BCUT2D eigenvalue weighted by Crippen LogP contribution is 2.34. The summed E-state index contributed by atoms with van der Waals surface area (Å²) in [6.07, 6.45) is 0.863. The SMILES string of the molecule is CC(C)C(CC1(O)CNC1)c1ccccc1. The molecule has 0 radical (unpaired) electrons. The molecule has 16 heavy (non-hydrogen) atoms. The molecular formula is C14H21NO. The van der Waals surface area contributed by atoms with Crippen LogP contribution in [0.2, 0.25) is 0 Å². The van der Waals surface area contributed by atoms with Crippen LogP contribution in [-0.4, -0.2) is 23.8 Å². The lowest BCUT2D eigenvalue weighted by Crippen LogP contribution is -2.60. The van der Waals surface area contributed by atoms with Crippen molar-refractivity contribution in [2.45, 2.75) is 31.8 Å². The molecule has 1 unspecified atom stereocenters. The summed E-state index contributed by atoms with van der Waals surface area (Å²) in [5.74, 6) is 1.01. The molecule has 0 aromatic heterocycles. The van der Waals surface area contributed by atoms with Crippen LogP contribution >= 0.6 is 0 Å². The lowest BCUT2D eigenvalue weighted by molar-refractivity contribution is -0.0264. The van der Waals surface area contributed by atoms with Crippen LogP contribution < -0.4 is 5.32 Å². The second kappa shape index (κ2) is 4.56. The van der Waals surface area contributed by atoms with Crippen molar-refractivity contribution in [3.63, 3.8) is 0 Å². The van der Waals surface area contributed by atoms with Crippen LogP contribution in [0, 0.1) is 5.92 Å². The zero-order chi connectivity index (χ0) is 11.6. The third-order valence-corrected chi connectivity index (χ3v) is 3.54. The molecule has 0 aliphatic carbocycles. The molecule has 1 aromatic carbocycles. The van der Waals surface area contributed by atoms with Crippen LogP contribution in [0.25, 0.3) is 0 Å². The number of nitrogens with one attached hydrogen (secondary N) is 1. The van der Waals surface area contributed by atoms with Gasteiger partial charge in [-0.1, -0.05) is 44.2 Å². The number of rotatable bonds is 4. The molecule has 1 heterocycles. The van der Waals surface area contributed by atoms with Gasteiger partial charge in [0.25, 0.3) is 0 Å². The van der Waals surface area contributed by atoms with E-state index in [9.17, 15) is 5.11 Å². The van der Waals surface area contributed by atoms with Crippen LogP contribution in [0.1, 0.15) is 31.7 Å². The summed E-state index contributed by atoms with van der Waals surface area (Å²) in [5, 5.41) is 13.4. The van der Waals surface area contributed by atoms with E-state index in [2.05, 4.69) is 43.4 Å². The van der Waals surface area contributed by atoms with Gasteiger partial charge in [0.2, 0.25) is 0 Å². The lowest BCUT2D eigenvalue weighted by atomic mass is 9.77. The standard InChI is InChI=1S/C14H21NO/c1-11(2)13(8-14(16)9-15-10-14)12-6-4-3-5-7-12/h3-7,11,13,15-16H,8-10H2,1-2H3. The van der Waals surface area contributed by atoms with Gasteiger partial charge in [-0.2, -0.15) is 0 Å². The normalized spacial score (nSPS) is 20.5. The third kappa shape index (κ3) is 2.45. The van der Waals surface area contributed by atoms with Gasteiger partial charge < -0.3 is 10.4 Å². The maximum absolute atomic E-state index is 10.2. The lowest BCUT2D eigenvalue weighted by Gasteiger charge is -2.41. The van der Waals surface area contributed by atoms with Gasteiger partial charge in [0.05, 0.1) is 5.60 Å². The predicted molar refractivity (Wildman–Crippen MR) is 66.5 cm³/mol. The molecular weight excluding hydrogens is 198 g/mol. The Morgan fingerprint density at radius 2 is 1.88 bits per heavy atom. The molecule has 2 nitrogen and oxygen atoms in total. The summed E-state index contributed by atoms with van der Waals surface area (Å²) in [4.78, 5) is 0. The Labute approximate surface area is 97.7 Å². The molecule has 88 valence electrons. The molecule has 2 heteroatoms. The Morgan fingerprint density at radius 1 is 1.25 bits per heavy atom. The summed E-state index contributed by atoms with van der Waals surface area (Å²) in [7, 11) is 0. The van der Waals surface area contributed by atoms with E-state index in [1.165, 1.54) is 5.56 Å². The first-order valence-corrected chi connectivity index (χ1v) is 6.09. The second-order valence-corrected chi connectivity index (χ2v) is 5.29. The van der Waals surface area contributed by atoms with Crippen molar-refractivity contribution in [1.29, 1.82) is 0 Å². The van der Waals surface area contributed by atoms with Gasteiger partial charge in [-0.05, 0) is 23.8 Å². The summed E-state index contributed by atoms with van der Waals surface area (Å²) in [5.41, 5.74) is 0.864. The van der Waals surface area contributed by atoms with E-state index in [4.69, 9.17) is 0 Å². The van der Waals surface area contributed by atoms with Crippen LogP contribution in [-0.2, 0) is 0 Å². The molecule has 0 saturated carbocycles. The van der Waals surface area contributed by atoms with E-state index < -0.39 is 5.60 Å². The predicted octanol–water partition coefficient (Wildman–Crippen LogP) is 2.15. The molecule has 1 aliphatic heterocycles. The number of hydrogen-bond donors (Lipinski definition) is 2. The fourth-order valence-electron chi connectivity index (χ4n) is 2.41. The van der Waals surface area contributed by atoms with Gasteiger partial charge in [0.1, 0.15) is 0 Å². The molecule has 1 atom stereocenters. The molecule has 1 aromatic rings. The number of hydrogen-bond acceptors (Lipinski definition) is 2.